The van der Waals surface area contributed by atoms with E-state index >= 15 is 0 Å². The molecule has 1 aliphatic rings. The first-order valence-corrected chi connectivity index (χ1v) is 7.49. The first-order valence-electron chi connectivity index (χ1n) is 6.30. The number of aliphatic hydroxyl groups excluding tert-OH is 1. The second-order valence-corrected chi connectivity index (χ2v) is 6.48. The molecule has 1 atom stereocenters. The molecule has 1 N–H and O–H groups in total. The minimum absolute atomic E-state index is 0.113. The van der Waals surface area contributed by atoms with Gasteiger partial charge in [-0.3, -0.25) is 4.79 Å². The molecule has 2 aromatic rings. The molecule has 1 saturated heterocycles. The molecule has 2 aromatic heterocycles. The van der Waals surface area contributed by atoms with Gasteiger partial charge >= 0.3 is 0 Å². The Morgan fingerprint density at radius 3 is 3.10 bits per heavy atom. The minimum Gasteiger partial charge on any atom is -0.396 e. The molecule has 1 amide bonds. The van der Waals surface area contributed by atoms with Crippen LogP contribution in [0.4, 0.5) is 0 Å². The van der Waals surface area contributed by atoms with Crippen molar-refractivity contribution in [2.24, 2.45) is 5.92 Å². The maximum absolute atomic E-state index is 12.3. The van der Waals surface area contributed by atoms with E-state index in [9.17, 15) is 4.79 Å². The highest BCUT2D eigenvalue weighted by Crippen LogP contribution is 2.31. The van der Waals surface area contributed by atoms with Gasteiger partial charge in [0.15, 0.2) is 11.5 Å². The zero-order valence-corrected chi connectivity index (χ0v) is 12.2. The lowest BCUT2D eigenvalue weighted by molar-refractivity contribution is 0.0771. The van der Waals surface area contributed by atoms with Crippen molar-refractivity contribution in [2.45, 2.75) is 6.42 Å². The summed E-state index contributed by atoms with van der Waals surface area (Å²) in [6.45, 7) is 1.33. The van der Waals surface area contributed by atoms with Crippen molar-refractivity contribution in [1.29, 1.82) is 0 Å². The number of nitrogens with zero attached hydrogens (tertiary/aromatic N) is 2. The molecule has 0 radical (unpaired) electrons. The zero-order chi connectivity index (χ0) is 14.1. The molecule has 0 aliphatic carbocycles. The standard InChI is InChI=1S/C13H13ClN2O3S/c14-12-2-1-11(20-12)10-5-9(15-19-10)13(18)16-4-3-8(6-16)7-17/h1-2,5,8,17H,3-4,6-7H2. The maximum Gasteiger partial charge on any atom is 0.276 e. The van der Waals surface area contributed by atoms with Gasteiger partial charge in [-0.25, -0.2) is 0 Å². The molecule has 3 rings (SSSR count). The summed E-state index contributed by atoms with van der Waals surface area (Å²) in [4.78, 5) is 14.8. The number of likely N-dealkylation sites (tertiary alicyclic amines) is 1. The van der Waals surface area contributed by atoms with Crippen LogP contribution in [0.3, 0.4) is 0 Å². The van der Waals surface area contributed by atoms with Gasteiger partial charge in [0.2, 0.25) is 0 Å². The van der Waals surface area contributed by atoms with Gasteiger partial charge in [-0.15, -0.1) is 11.3 Å². The van der Waals surface area contributed by atoms with Crippen LogP contribution in [0.1, 0.15) is 16.9 Å². The Hall–Kier alpha value is -1.37. The normalized spacial score (nSPS) is 18.7. The van der Waals surface area contributed by atoms with Gasteiger partial charge in [-0.1, -0.05) is 16.8 Å². The van der Waals surface area contributed by atoms with Crippen LogP contribution in [-0.4, -0.2) is 40.8 Å². The van der Waals surface area contributed by atoms with E-state index in [1.165, 1.54) is 11.3 Å². The predicted octanol–water partition coefficient (Wildman–Crippen LogP) is 2.51. The first kappa shape index (κ1) is 13.6. The van der Waals surface area contributed by atoms with Crippen LogP contribution in [0.2, 0.25) is 4.34 Å². The van der Waals surface area contributed by atoms with E-state index in [1.54, 1.807) is 17.0 Å². The molecule has 1 aliphatic heterocycles. The molecule has 0 aromatic carbocycles. The third kappa shape index (κ3) is 2.59. The smallest absolute Gasteiger partial charge is 0.276 e. The van der Waals surface area contributed by atoms with Crippen molar-refractivity contribution >= 4 is 28.8 Å². The number of amides is 1. The van der Waals surface area contributed by atoms with E-state index in [4.69, 9.17) is 21.2 Å². The number of carbonyl (C=O) groups excluding carboxylic acids is 1. The average Bonchev–Trinajstić information content (AvgIpc) is 3.17. The topological polar surface area (TPSA) is 66.6 Å². The Balaban J connectivity index is 1.75. The Morgan fingerprint density at radius 1 is 1.60 bits per heavy atom. The zero-order valence-electron chi connectivity index (χ0n) is 10.6. The summed E-state index contributed by atoms with van der Waals surface area (Å²) in [5, 5.41) is 12.9. The van der Waals surface area contributed by atoms with Crippen LogP contribution < -0.4 is 0 Å². The van der Waals surface area contributed by atoms with E-state index in [1.807, 2.05) is 6.07 Å². The number of carbonyl (C=O) groups is 1. The van der Waals surface area contributed by atoms with Crippen LogP contribution in [0.5, 0.6) is 0 Å². The Kier molecular flexibility index (Phi) is 3.78. The van der Waals surface area contributed by atoms with Crippen molar-refractivity contribution in [3.05, 3.63) is 28.2 Å². The molecule has 1 unspecified atom stereocenters. The average molecular weight is 313 g/mol. The van der Waals surface area contributed by atoms with E-state index in [0.29, 0.717) is 28.9 Å². The van der Waals surface area contributed by atoms with Crippen molar-refractivity contribution in [2.75, 3.05) is 19.7 Å². The fourth-order valence-electron chi connectivity index (χ4n) is 2.27. The Labute approximate surface area is 124 Å². The maximum atomic E-state index is 12.3. The molecular formula is C13H13ClN2O3S. The number of aromatic nitrogens is 1. The molecule has 1 fully saturated rings. The third-order valence-electron chi connectivity index (χ3n) is 3.38. The summed E-state index contributed by atoms with van der Waals surface area (Å²) < 4.78 is 5.86. The molecule has 106 valence electrons. The van der Waals surface area contributed by atoms with Gasteiger partial charge in [0.05, 0.1) is 9.21 Å². The second kappa shape index (κ2) is 5.55. The lowest BCUT2D eigenvalue weighted by atomic mass is 10.1. The van der Waals surface area contributed by atoms with E-state index in [0.717, 1.165) is 11.3 Å². The highest BCUT2D eigenvalue weighted by atomic mass is 35.5. The van der Waals surface area contributed by atoms with Gasteiger partial charge in [0.25, 0.3) is 5.91 Å². The van der Waals surface area contributed by atoms with Gasteiger partial charge in [0, 0.05) is 31.7 Å². The summed E-state index contributed by atoms with van der Waals surface area (Å²) in [5.74, 6) is 0.559. The molecule has 0 bridgehead atoms. The molecule has 0 saturated carbocycles. The molecule has 0 spiro atoms. The monoisotopic (exact) mass is 312 g/mol. The summed E-state index contributed by atoms with van der Waals surface area (Å²) in [6, 6.07) is 5.24. The molecular weight excluding hydrogens is 300 g/mol. The summed E-state index contributed by atoms with van der Waals surface area (Å²) >= 11 is 7.25. The Morgan fingerprint density at radius 2 is 2.45 bits per heavy atom. The van der Waals surface area contributed by atoms with Gasteiger partial charge in [-0.05, 0) is 18.6 Å². The van der Waals surface area contributed by atoms with E-state index in [2.05, 4.69) is 5.16 Å². The fourth-order valence-corrected chi connectivity index (χ4v) is 3.26. The lowest BCUT2D eigenvalue weighted by Gasteiger charge is -2.13. The van der Waals surface area contributed by atoms with Gasteiger partial charge in [0.1, 0.15) is 0 Å². The minimum atomic E-state index is -0.154. The summed E-state index contributed by atoms with van der Waals surface area (Å²) in [7, 11) is 0. The first-order chi connectivity index (χ1) is 9.67. The van der Waals surface area contributed by atoms with Gasteiger partial charge in [-0.2, -0.15) is 0 Å². The molecule has 7 heteroatoms. The largest absolute Gasteiger partial charge is 0.396 e. The van der Waals surface area contributed by atoms with Crippen LogP contribution in [0, 0.1) is 5.92 Å². The Bertz CT molecular complexity index is 625. The number of hydrogen-bond donors (Lipinski definition) is 1. The summed E-state index contributed by atoms with van der Waals surface area (Å²) in [5.41, 5.74) is 0.295. The summed E-state index contributed by atoms with van der Waals surface area (Å²) in [6.07, 6.45) is 0.827. The quantitative estimate of drug-likeness (QED) is 0.945. The van der Waals surface area contributed by atoms with E-state index in [-0.39, 0.29) is 18.4 Å². The van der Waals surface area contributed by atoms with Crippen molar-refractivity contribution in [3.8, 4) is 10.6 Å². The van der Waals surface area contributed by atoms with Crippen LogP contribution in [0.25, 0.3) is 10.6 Å². The van der Waals surface area contributed by atoms with Crippen LogP contribution in [-0.2, 0) is 0 Å². The van der Waals surface area contributed by atoms with Gasteiger partial charge < -0.3 is 14.5 Å². The molecule has 3 heterocycles. The molecule has 20 heavy (non-hydrogen) atoms. The highest BCUT2D eigenvalue weighted by molar-refractivity contribution is 7.19. The second-order valence-electron chi connectivity index (χ2n) is 4.77. The third-order valence-corrected chi connectivity index (χ3v) is 4.62. The molecule has 5 nitrogen and oxygen atoms in total. The van der Waals surface area contributed by atoms with Crippen molar-refractivity contribution < 1.29 is 14.4 Å². The highest BCUT2D eigenvalue weighted by Gasteiger charge is 2.28. The lowest BCUT2D eigenvalue weighted by Crippen LogP contribution is -2.29. The fraction of sp³-hybridized carbons (Fsp3) is 0.385. The number of halogens is 1. The van der Waals surface area contributed by atoms with E-state index < -0.39 is 0 Å². The number of hydrogen-bond acceptors (Lipinski definition) is 5. The predicted molar refractivity (Wildman–Crippen MR) is 75.9 cm³/mol. The van der Waals surface area contributed by atoms with Crippen molar-refractivity contribution in [3.63, 3.8) is 0 Å². The van der Waals surface area contributed by atoms with Crippen molar-refractivity contribution in [1.82, 2.24) is 10.1 Å². The van der Waals surface area contributed by atoms with Crippen LogP contribution in [0.15, 0.2) is 22.7 Å². The number of rotatable bonds is 3. The van der Waals surface area contributed by atoms with Crippen LogP contribution >= 0.6 is 22.9 Å². The number of aliphatic hydroxyl groups is 1. The SMILES string of the molecule is O=C(c1cc(-c2ccc(Cl)s2)on1)N1CCC(CO)C1. The number of thiophene rings is 1.